The molecule has 0 amide bonds. The van der Waals surface area contributed by atoms with Gasteiger partial charge in [0.05, 0.1) is 12.6 Å². The number of nitrogens with zero attached hydrogens (tertiary/aromatic N) is 3. The number of hydrogen-bond acceptors (Lipinski definition) is 5. The molecule has 0 aliphatic carbocycles. The quantitative estimate of drug-likeness (QED) is 0.438. The molecule has 30 heavy (non-hydrogen) atoms. The normalized spacial score (nSPS) is 12.3. The van der Waals surface area contributed by atoms with Crippen LogP contribution in [0.25, 0.3) is 22.3 Å². The van der Waals surface area contributed by atoms with Gasteiger partial charge < -0.3 is 15.0 Å². The second-order valence-electron chi connectivity index (χ2n) is 7.50. The molecule has 0 unspecified atom stereocenters. The summed E-state index contributed by atoms with van der Waals surface area (Å²) in [7, 11) is 1.66. The molecule has 1 aromatic heterocycles. The summed E-state index contributed by atoms with van der Waals surface area (Å²) in [5, 5.41) is 5.22. The monoisotopic (exact) mass is 426 g/mol. The zero-order chi connectivity index (χ0) is 21.5. The van der Waals surface area contributed by atoms with Crippen LogP contribution in [0.3, 0.4) is 0 Å². The lowest BCUT2D eigenvalue weighted by Gasteiger charge is -2.20. The van der Waals surface area contributed by atoms with Crippen LogP contribution in [0.5, 0.6) is 5.75 Å². The average Bonchev–Trinajstić information content (AvgIpc) is 2.77. The fourth-order valence-corrected chi connectivity index (χ4v) is 3.72. The highest BCUT2D eigenvalue weighted by Crippen LogP contribution is 2.29. The number of nitrogens with one attached hydrogen (secondary N) is 1. The van der Waals surface area contributed by atoms with Crippen molar-refractivity contribution in [2.45, 2.75) is 39.7 Å². The first-order valence-electron chi connectivity index (χ1n) is 10.6. The highest BCUT2D eigenvalue weighted by atomic mass is 35.5. The van der Waals surface area contributed by atoms with Crippen LogP contribution in [-0.2, 0) is 0 Å². The Morgan fingerprint density at radius 1 is 1.07 bits per heavy atom. The van der Waals surface area contributed by atoms with Gasteiger partial charge in [-0.25, -0.2) is 9.97 Å². The van der Waals surface area contributed by atoms with E-state index in [1.54, 1.807) is 7.11 Å². The van der Waals surface area contributed by atoms with E-state index < -0.39 is 0 Å². The molecule has 0 saturated heterocycles. The first kappa shape index (κ1) is 22.3. The van der Waals surface area contributed by atoms with Gasteiger partial charge in [0.25, 0.3) is 0 Å². The van der Waals surface area contributed by atoms with Crippen LogP contribution in [0.1, 0.15) is 33.6 Å². The zero-order valence-electron chi connectivity index (χ0n) is 18.3. The van der Waals surface area contributed by atoms with Gasteiger partial charge in [0.1, 0.15) is 11.6 Å². The van der Waals surface area contributed by atoms with Gasteiger partial charge in [-0.3, -0.25) is 0 Å². The summed E-state index contributed by atoms with van der Waals surface area (Å²) in [5.74, 6) is 2.32. The van der Waals surface area contributed by atoms with Crippen LogP contribution in [0.4, 0.5) is 5.82 Å². The van der Waals surface area contributed by atoms with Crippen LogP contribution in [0.2, 0.25) is 5.02 Å². The van der Waals surface area contributed by atoms with Crippen molar-refractivity contribution in [1.29, 1.82) is 0 Å². The largest absolute Gasteiger partial charge is 0.497 e. The summed E-state index contributed by atoms with van der Waals surface area (Å²) in [6.45, 7) is 9.93. The van der Waals surface area contributed by atoms with E-state index in [0.29, 0.717) is 16.9 Å². The lowest BCUT2D eigenvalue weighted by Crippen LogP contribution is -2.25. The Morgan fingerprint density at radius 3 is 2.47 bits per heavy atom. The molecular formula is C24H31ClN4O. The first-order chi connectivity index (χ1) is 14.5. The number of ether oxygens (including phenoxy) is 1. The van der Waals surface area contributed by atoms with E-state index in [2.05, 4.69) is 31.0 Å². The smallest absolute Gasteiger partial charge is 0.162 e. The number of methoxy groups -OCH3 is 1. The van der Waals surface area contributed by atoms with Crippen molar-refractivity contribution in [3.63, 3.8) is 0 Å². The second kappa shape index (κ2) is 10.6. The van der Waals surface area contributed by atoms with Gasteiger partial charge in [0.15, 0.2) is 5.82 Å². The number of fused-ring (bicyclic) bond motifs is 1. The zero-order valence-corrected chi connectivity index (χ0v) is 19.0. The molecule has 160 valence electrons. The van der Waals surface area contributed by atoms with Crippen molar-refractivity contribution in [3.8, 4) is 17.1 Å². The first-order valence-corrected chi connectivity index (χ1v) is 11.0. The van der Waals surface area contributed by atoms with E-state index in [1.165, 1.54) is 0 Å². The Bertz CT molecular complexity index is 957. The Labute approximate surface area is 184 Å². The topological polar surface area (TPSA) is 50.3 Å². The van der Waals surface area contributed by atoms with Crippen molar-refractivity contribution in [2.75, 3.05) is 32.1 Å². The number of hydrogen-bond donors (Lipinski definition) is 1. The van der Waals surface area contributed by atoms with Crippen LogP contribution >= 0.6 is 11.6 Å². The average molecular weight is 427 g/mol. The molecular weight excluding hydrogens is 396 g/mol. The van der Waals surface area contributed by atoms with Crippen LogP contribution in [0.15, 0.2) is 42.5 Å². The van der Waals surface area contributed by atoms with Gasteiger partial charge in [0, 0.05) is 22.0 Å². The maximum Gasteiger partial charge on any atom is 0.162 e. The van der Waals surface area contributed by atoms with E-state index >= 15 is 0 Å². The molecule has 3 rings (SSSR count). The highest BCUT2D eigenvalue weighted by Gasteiger charge is 2.13. The van der Waals surface area contributed by atoms with E-state index in [1.807, 2.05) is 42.5 Å². The van der Waals surface area contributed by atoms with Crippen molar-refractivity contribution in [2.24, 2.45) is 0 Å². The molecule has 2 aromatic carbocycles. The highest BCUT2D eigenvalue weighted by molar-refractivity contribution is 6.31. The van der Waals surface area contributed by atoms with Gasteiger partial charge in [-0.1, -0.05) is 25.4 Å². The van der Waals surface area contributed by atoms with E-state index in [4.69, 9.17) is 26.3 Å². The molecule has 3 aromatic rings. The number of anilines is 1. The molecule has 1 atom stereocenters. The summed E-state index contributed by atoms with van der Waals surface area (Å²) >= 11 is 6.27. The molecule has 0 saturated carbocycles. The number of aromatic nitrogens is 2. The predicted octanol–water partition coefficient (Wildman–Crippen LogP) is 5.88. The van der Waals surface area contributed by atoms with Crippen LogP contribution in [0, 0.1) is 0 Å². The standard InChI is InChI=1S/C24H31ClN4O/c1-5-29(6-2)15-7-8-17(3)26-24-21-16-19(25)11-14-22(21)27-23(28-24)18-9-12-20(30-4)13-10-18/h9-14,16-17H,5-8,15H2,1-4H3,(H,26,27,28)/t17-/m1/s1. The lowest BCUT2D eigenvalue weighted by molar-refractivity contribution is 0.295. The summed E-state index contributed by atoms with van der Waals surface area (Å²) in [5.41, 5.74) is 1.82. The van der Waals surface area contributed by atoms with Gasteiger partial charge in [-0.2, -0.15) is 0 Å². The molecule has 6 heteroatoms. The van der Waals surface area contributed by atoms with E-state index in [0.717, 1.165) is 60.5 Å². The minimum absolute atomic E-state index is 0.293. The van der Waals surface area contributed by atoms with Crippen LogP contribution in [-0.4, -0.2) is 47.7 Å². The predicted molar refractivity (Wildman–Crippen MR) is 127 cm³/mol. The molecule has 0 spiro atoms. The molecule has 0 aliphatic heterocycles. The van der Waals surface area contributed by atoms with Crippen molar-refractivity contribution >= 4 is 28.3 Å². The van der Waals surface area contributed by atoms with Gasteiger partial charge in [-0.15, -0.1) is 0 Å². The van der Waals surface area contributed by atoms with Gasteiger partial charge in [-0.05, 0) is 81.9 Å². The third kappa shape index (κ3) is 5.61. The summed E-state index contributed by atoms with van der Waals surface area (Å²) in [4.78, 5) is 12.1. The maximum absolute atomic E-state index is 6.27. The van der Waals surface area contributed by atoms with Crippen molar-refractivity contribution in [3.05, 3.63) is 47.5 Å². The van der Waals surface area contributed by atoms with Crippen molar-refractivity contribution in [1.82, 2.24) is 14.9 Å². The molecule has 1 N–H and O–H groups in total. The number of benzene rings is 2. The maximum atomic E-state index is 6.27. The minimum atomic E-state index is 0.293. The molecule has 5 nitrogen and oxygen atoms in total. The molecule has 0 fully saturated rings. The van der Waals surface area contributed by atoms with E-state index in [-0.39, 0.29) is 0 Å². The fourth-order valence-electron chi connectivity index (χ4n) is 3.55. The van der Waals surface area contributed by atoms with Gasteiger partial charge in [0.2, 0.25) is 0 Å². The number of rotatable bonds is 10. The molecule has 0 aliphatic rings. The third-order valence-corrected chi connectivity index (χ3v) is 5.63. The lowest BCUT2D eigenvalue weighted by atomic mass is 10.1. The third-order valence-electron chi connectivity index (χ3n) is 5.40. The Morgan fingerprint density at radius 2 is 1.80 bits per heavy atom. The van der Waals surface area contributed by atoms with E-state index in [9.17, 15) is 0 Å². The second-order valence-corrected chi connectivity index (χ2v) is 7.94. The summed E-state index contributed by atoms with van der Waals surface area (Å²) in [6, 6.07) is 13.8. The summed E-state index contributed by atoms with van der Waals surface area (Å²) in [6.07, 6.45) is 2.21. The molecule has 0 radical (unpaired) electrons. The summed E-state index contributed by atoms with van der Waals surface area (Å²) < 4.78 is 5.26. The Balaban J connectivity index is 1.85. The van der Waals surface area contributed by atoms with Crippen LogP contribution < -0.4 is 10.1 Å². The molecule has 0 bridgehead atoms. The Hall–Kier alpha value is -2.37. The number of halogens is 1. The fraction of sp³-hybridized carbons (Fsp3) is 0.417. The van der Waals surface area contributed by atoms with Gasteiger partial charge >= 0.3 is 0 Å². The Kier molecular flexibility index (Phi) is 7.88. The minimum Gasteiger partial charge on any atom is -0.497 e. The molecule has 1 heterocycles. The SMILES string of the molecule is CCN(CC)CCC[C@@H](C)Nc1nc(-c2ccc(OC)cc2)nc2ccc(Cl)cc12. The van der Waals surface area contributed by atoms with Crippen molar-refractivity contribution < 1.29 is 4.74 Å².